The van der Waals surface area contributed by atoms with E-state index in [1.807, 2.05) is 13.8 Å². The second kappa shape index (κ2) is 8.06. The third kappa shape index (κ3) is 4.00. The summed E-state index contributed by atoms with van der Waals surface area (Å²) < 4.78 is 13.7. The standard InChI is InChI=1S/C18H20FNO3S/c1-3-5-13-14(10-21)18(24-16(13)4-2)20-17(23)8-11-6-7-12(22)9-15(11)19/h6-7,9-10,22H,3-5,8H2,1-2H3,(H,20,23). The van der Waals surface area contributed by atoms with E-state index in [9.17, 15) is 19.1 Å². The third-order valence-corrected chi connectivity index (χ3v) is 5.02. The number of nitrogens with one attached hydrogen (secondary N) is 1. The van der Waals surface area contributed by atoms with E-state index < -0.39 is 11.7 Å². The van der Waals surface area contributed by atoms with E-state index in [4.69, 9.17) is 0 Å². The average Bonchev–Trinajstić information content (AvgIpc) is 2.87. The summed E-state index contributed by atoms with van der Waals surface area (Å²) in [6.07, 6.45) is 3.11. The van der Waals surface area contributed by atoms with Gasteiger partial charge in [0.1, 0.15) is 16.6 Å². The molecular formula is C18H20FNO3S. The number of amides is 1. The first-order valence-electron chi connectivity index (χ1n) is 7.87. The van der Waals surface area contributed by atoms with Crippen molar-refractivity contribution in [1.29, 1.82) is 0 Å². The Morgan fingerprint density at radius 1 is 1.38 bits per heavy atom. The zero-order valence-corrected chi connectivity index (χ0v) is 14.5. The minimum Gasteiger partial charge on any atom is -0.508 e. The van der Waals surface area contributed by atoms with Crippen LogP contribution in [0.5, 0.6) is 5.75 Å². The molecule has 6 heteroatoms. The number of halogens is 1. The van der Waals surface area contributed by atoms with Gasteiger partial charge >= 0.3 is 0 Å². The van der Waals surface area contributed by atoms with Crippen LogP contribution in [0.25, 0.3) is 0 Å². The van der Waals surface area contributed by atoms with Gasteiger partial charge in [-0.2, -0.15) is 0 Å². The summed E-state index contributed by atoms with van der Waals surface area (Å²) in [7, 11) is 0. The van der Waals surface area contributed by atoms with Crippen molar-refractivity contribution in [2.45, 2.75) is 39.5 Å². The van der Waals surface area contributed by atoms with Crippen LogP contribution in [-0.2, 0) is 24.1 Å². The molecule has 0 aliphatic rings. The maximum absolute atomic E-state index is 13.7. The van der Waals surface area contributed by atoms with Gasteiger partial charge in [-0.1, -0.05) is 26.3 Å². The van der Waals surface area contributed by atoms with Gasteiger partial charge in [-0.15, -0.1) is 11.3 Å². The first-order valence-corrected chi connectivity index (χ1v) is 8.68. The Morgan fingerprint density at radius 3 is 2.71 bits per heavy atom. The number of aldehydes is 1. The lowest BCUT2D eigenvalue weighted by Gasteiger charge is -2.06. The fourth-order valence-corrected chi connectivity index (χ4v) is 3.75. The quantitative estimate of drug-likeness (QED) is 0.740. The number of thiophene rings is 1. The molecule has 2 N–H and O–H groups in total. The number of carbonyl (C=O) groups is 2. The van der Waals surface area contributed by atoms with Gasteiger partial charge < -0.3 is 10.4 Å². The Labute approximate surface area is 144 Å². The van der Waals surface area contributed by atoms with Crippen molar-refractivity contribution in [3.05, 3.63) is 45.6 Å². The predicted molar refractivity (Wildman–Crippen MR) is 93.5 cm³/mol. The highest BCUT2D eigenvalue weighted by Crippen LogP contribution is 2.34. The van der Waals surface area contributed by atoms with Gasteiger partial charge in [0.05, 0.1) is 12.0 Å². The Hall–Kier alpha value is -2.21. The van der Waals surface area contributed by atoms with Gasteiger partial charge in [0.25, 0.3) is 0 Å². The van der Waals surface area contributed by atoms with Gasteiger partial charge in [0.2, 0.25) is 5.91 Å². The predicted octanol–water partition coefficient (Wildman–Crippen LogP) is 4.10. The van der Waals surface area contributed by atoms with Crippen molar-refractivity contribution in [3.63, 3.8) is 0 Å². The first-order chi connectivity index (χ1) is 11.5. The summed E-state index contributed by atoms with van der Waals surface area (Å²) in [6.45, 7) is 4.05. The number of benzene rings is 1. The van der Waals surface area contributed by atoms with Crippen LogP contribution in [0, 0.1) is 5.82 Å². The normalized spacial score (nSPS) is 10.6. The molecule has 128 valence electrons. The Morgan fingerprint density at radius 2 is 2.12 bits per heavy atom. The van der Waals surface area contributed by atoms with E-state index in [1.54, 1.807) is 0 Å². The lowest BCUT2D eigenvalue weighted by molar-refractivity contribution is -0.115. The largest absolute Gasteiger partial charge is 0.508 e. The third-order valence-electron chi connectivity index (χ3n) is 3.71. The van der Waals surface area contributed by atoms with E-state index in [2.05, 4.69) is 5.32 Å². The van der Waals surface area contributed by atoms with Crippen LogP contribution in [0.1, 0.15) is 46.6 Å². The molecule has 1 heterocycles. The van der Waals surface area contributed by atoms with Crippen molar-refractivity contribution < 1.29 is 19.1 Å². The molecule has 0 spiro atoms. The molecule has 0 saturated heterocycles. The highest BCUT2D eigenvalue weighted by atomic mass is 32.1. The monoisotopic (exact) mass is 349 g/mol. The van der Waals surface area contributed by atoms with Gasteiger partial charge in [-0.25, -0.2) is 4.39 Å². The van der Waals surface area contributed by atoms with Crippen LogP contribution >= 0.6 is 11.3 Å². The number of aryl methyl sites for hydroxylation is 1. The molecule has 0 fully saturated rings. The number of carbonyl (C=O) groups excluding carboxylic acids is 2. The zero-order chi connectivity index (χ0) is 17.7. The Bertz CT molecular complexity index is 755. The van der Waals surface area contributed by atoms with Gasteiger partial charge in [-0.05, 0) is 30.0 Å². The number of rotatable bonds is 7. The molecule has 1 aromatic heterocycles. The molecule has 0 radical (unpaired) electrons. The zero-order valence-electron chi connectivity index (χ0n) is 13.7. The van der Waals surface area contributed by atoms with Crippen LogP contribution in [0.4, 0.5) is 9.39 Å². The molecule has 0 aliphatic heterocycles. The molecular weight excluding hydrogens is 329 g/mol. The fraction of sp³-hybridized carbons (Fsp3) is 0.333. The molecule has 4 nitrogen and oxygen atoms in total. The van der Waals surface area contributed by atoms with E-state index in [0.29, 0.717) is 10.6 Å². The summed E-state index contributed by atoms with van der Waals surface area (Å²) in [5.74, 6) is -1.21. The molecule has 1 amide bonds. The maximum atomic E-state index is 13.7. The van der Waals surface area contributed by atoms with Crippen LogP contribution in [-0.4, -0.2) is 17.3 Å². The highest BCUT2D eigenvalue weighted by molar-refractivity contribution is 7.16. The molecule has 2 rings (SSSR count). The van der Waals surface area contributed by atoms with Crippen molar-refractivity contribution in [1.82, 2.24) is 0 Å². The molecule has 2 aromatic rings. The number of phenols is 1. The van der Waals surface area contributed by atoms with Crippen LogP contribution in [0.3, 0.4) is 0 Å². The van der Waals surface area contributed by atoms with Crippen LogP contribution in [0.15, 0.2) is 18.2 Å². The van der Waals surface area contributed by atoms with Crippen molar-refractivity contribution in [2.24, 2.45) is 0 Å². The highest BCUT2D eigenvalue weighted by Gasteiger charge is 2.18. The summed E-state index contributed by atoms with van der Waals surface area (Å²) in [6, 6.07) is 3.68. The summed E-state index contributed by atoms with van der Waals surface area (Å²) in [4.78, 5) is 24.7. The average molecular weight is 349 g/mol. The molecule has 0 saturated carbocycles. The van der Waals surface area contributed by atoms with E-state index >= 15 is 0 Å². The molecule has 0 atom stereocenters. The lowest BCUT2D eigenvalue weighted by Crippen LogP contribution is -2.15. The second-order valence-electron chi connectivity index (χ2n) is 5.47. The number of aromatic hydroxyl groups is 1. The van der Waals surface area contributed by atoms with Gasteiger partial charge in [0.15, 0.2) is 6.29 Å². The van der Waals surface area contributed by atoms with Crippen molar-refractivity contribution in [2.75, 3.05) is 5.32 Å². The van der Waals surface area contributed by atoms with E-state index in [-0.39, 0.29) is 17.7 Å². The fourth-order valence-electron chi connectivity index (χ4n) is 2.58. The van der Waals surface area contributed by atoms with E-state index in [1.165, 1.54) is 23.5 Å². The maximum Gasteiger partial charge on any atom is 0.229 e. The summed E-state index contributed by atoms with van der Waals surface area (Å²) in [5, 5.41) is 12.5. The molecule has 0 bridgehead atoms. The molecule has 0 aliphatic carbocycles. The minimum absolute atomic E-state index is 0.160. The van der Waals surface area contributed by atoms with Crippen molar-refractivity contribution >= 4 is 28.5 Å². The number of anilines is 1. The summed E-state index contributed by atoms with van der Waals surface area (Å²) >= 11 is 1.40. The first kappa shape index (κ1) is 18.1. The smallest absolute Gasteiger partial charge is 0.229 e. The molecule has 24 heavy (non-hydrogen) atoms. The number of phenolic OH excluding ortho intramolecular Hbond substituents is 1. The topological polar surface area (TPSA) is 66.4 Å². The molecule has 1 aromatic carbocycles. The minimum atomic E-state index is -0.632. The van der Waals surface area contributed by atoms with E-state index in [0.717, 1.165) is 42.1 Å². The van der Waals surface area contributed by atoms with Crippen LogP contribution in [0.2, 0.25) is 0 Å². The Balaban J connectivity index is 2.20. The van der Waals surface area contributed by atoms with Gasteiger partial charge in [-0.3, -0.25) is 9.59 Å². The number of hydrogen-bond donors (Lipinski definition) is 2. The SMILES string of the molecule is CCCc1c(CC)sc(NC(=O)Cc2ccc(O)cc2F)c1C=O. The number of hydrogen-bond acceptors (Lipinski definition) is 4. The molecule has 0 unspecified atom stereocenters. The second-order valence-corrected chi connectivity index (χ2v) is 6.57. The lowest BCUT2D eigenvalue weighted by atomic mass is 10.0. The van der Waals surface area contributed by atoms with Gasteiger partial charge in [0, 0.05) is 10.9 Å². The summed E-state index contributed by atoms with van der Waals surface area (Å²) in [5.41, 5.74) is 1.71. The van der Waals surface area contributed by atoms with Crippen LogP contribution < -0.4 is 5.32 Å². The Kier molecular flexibility index (Phi) is 6.09. The van der Waals surface area contributed by atoms with Crippen molar-refractivity contribution in [3.8, 4) is 5.75 Å².